The van der Waals surface area contributed by atoms with Crippen molar-refractivity contribution in [2.24, 2.45) is 0 Å². The summed E-state index contributed by atoms with van der Waals surface area (Å²) in [7, 11) is 0. The second-order valence-corrected chi connectivity index (χ2v) is 5.73. The first-order valence-electron chi connectivity index (χ1n) is 7.48. The number of nitrogens with zero attached hydrogens (tertiary/aromatic N) is 1. The standard InChI is InChI=1S/C18H21NO2/c1-13(18-16(20)9-4-10-17(18)21)19-11-5-8-14-6-2-3-7-15(14)12-19/h2-4,6-7,9-10,13,20-21H,5,8,11-12H2,1H3. The van der Waals surface area contributed by atoms with Crippen molar-refractivity contribution in [3.63, 3.8) is 0 Å². The molecule has 2 aromatic rings. The van der Waals surface area contributed by atoms with Crippen molar-refractivity contribution in [2.45, 2.75) is 32.4 Å². The maximum absolute atomic E-state index is 10.1. The Morgan fingerprint density at radius 2 is 1.62 bits per heavy atom. The predicted molar refractivity (Wildman–Crippen MR) is 83.4 cm³/mol. The van der Waals surface area contributed by atoms with Crippen molar-refractivity contribution < 1.29 is 10.2 Å². The van der Waals surface area contributed by atoms with Gasteiger partial charge in [0.1, 0.15) is 11.5 Å². The van der Waals surface area contributed by atoms with Gasteiger partial charge in [-0.1, -0.05) is 30.3 Å². The quantitative estimate of drug-likeness (QED) is 0.885. The lowest BCUT2D eigenvalue weighted by Gasteiger charge is -2.29. The number of rotatable bonds is 2. The first kappa shape index (κ1) is 14.0. The van der Waals surface area contributed by atoms with Gasteiger partial charge in [-0.05, 0) is 49.6 Å². The number of benzene rings is 2. The Labute approximate surface area is 125 Å². The highest BCUT2D eigenvalue weighted by Crippen LogP contribution is 2.37. The van der Waals surface area contributed by atoms with Gasteiger partial charge in [-0.3, -0.25) is 4.90 Å². The van der Waals surface area contributed by atoms with Gasteiger partial charge in [0.15, 0.2) is 0 Å². The van der Waals surface area contributed by atoms with Crippen LogP contribution < -0.4 is 0 Å². The number of hydrogen-bond donors (Lipinski definition) is 2. The minimum absolute atomic E-state index is 0.0163. The summed E-state index contributed by atoms with van der Waals surface area (Å²) in [5, 5.41) is 20.1. The molecule has 0 saturated heterocycles. The summed E-state index contributed by atoms with van der Waals surface area (Å²) in [6.45, 7) is 3.86. The fourth-order valence-corrected chi connectivity index (χ4v) is 3.21. The van der Waals surface area contributed by atoms with Crippen LogP contribution in [0.3, 0.4) is 0 Å². The molecular weight excluding hydrogens is 262 g/mol. The van der Waals surface area contributed by atoms with E-state index in [-0.39, 0.29) is 17.5 Å². The first-order chi connectivity index (χ1) is 10.2. The molecule has 1 aliphatic rings. The van der Waals surface area contributed by atoms with Crippen LogP contribution in [0.2, 0.25) is 0 Å². The molecule has 0 fully saturated rings. The lowest BCUT2D eigenvalue weighted by molar-refractivity contribution is 0.198. The van der Waals surface area contributed by atoms with E-state index in [1.54, 1.807) is 18.2 Å². The van der Waals surface area contributed by atoms with Crippen LogP contribution in [-0.4, -0.2) is 21.7 Å². The molecule has 110 valence electrons. The molecule has 0 radical (unpaired) electrons. The highest BCUT2D eigenvalue weighted by molar-refractivity contribution is 5.45. The summed E-state index contributed by atoms with van der Waals surface area (Å²) < 4.78 is 0. The van der Waals surface area contributed by atoms with Crippen molar-refractivity contribution in [3.05, 3.63) is 59.2 Å². The predicted octanol–water partition coefficient (Wildman–Crippen LogP) is 3.61. The SMILES string of the molecule is CC(c1c(O)cccc1O)N1CCCc2ccccc2C1. The zero-order chi connectivity index (χ0) is 14.8. The van der Waals surface area contributed by atoms with E-state index in [0.717, 1.165) is 25.9 Å². The topological polar surface area (TPSA) is 43.7 Å². The number of aryl methyl sites for hydroxylation is 1. The lowest BCUT2D eigenvalue weighted by atomic mass is 10.0. The largest absolute Gasteiger partial charge is 0.507 e. The molecule has 0 amide bonds. The second kappa shape index (κ2) is 5.78. The second-order valence-electron chi connectivity index (χ2n) is 5.73. The highest BCUT2D eigenvalue weighted by atomic mass is 16.3. The van der Waals surface area contributed by atoms with Crippen molar-refractivity contribution in [1.82, 2.24) is 4.90 Å². The fraction of sp³-hybridized carbons (Fsp3) is 0.333. The van der Waals surface area contributed by atoms with Crippen LogP contribution in [0, 0.1) is 0 Å². The maximum Gasteiger partial charge on any atom is 0.124 e. The van der Waals surface area contributed by atoms with Gasteiger partial charge in [-0.15, -0.1) is 0 Å². The van der Waals surface area contributed by atoms with Gasteiger partial charge < -0.3 is 10.2 Å². The Morgan fingerprint density at radius 3 is 2.33 bits per heavy atom. The molecule has 1 aliphatic heterocycles. The van der Waals surface area contributed by atoms with Gasteiger partial charge in [-0.25, -0.2) is 0 Å². The van der Waals surface area contributed by atoms with E-state index in [1.807, 2.05) is 6.92 Å². The molecule has 0 saturated carbocycles. The number of aromatic hydroxyl groups is 2. The van der Waals surface area contributed by atoms with E-state index < -0.39 is 0 Å². The number of hydrogen-bond acceptors (Lipinski definition) is 3. The van der Waals surface area contributed by atoms with E-state index in [9.17, 15) is 10.2 Å². The third kappa shape index (κ3) is 2.74. The highest BCUT2D eigenvalue weighted by Gasteiger charge is 2.24. The molecule has 0 aromatic heterocycles. The van der Waals surface area contributed by atoms with E-state index in [4.69, 9.17) is 0 Å². The minimum atomic E-state index is -0.0163. The van der Waals surface area contributed by atoms with E-state index in [0.29, 0.717) is 5.56 Å². The van der Waals surface area contributed by atoms with Crippen molar-refractivity contribution in [3.8, 4) is 11.5 Å². The van der Waals surface area contributed by atoms with Crippen molar-refractivity contribution in [2.75, 3.05) is 6.54 Å². The molecular formula is C18H21NO2. The van der Waals surface area contributed by atoms with E-state index in [2.05, 4.69) is 29.2 Å². The van der Waals surface area contributed by atoms with E-state index >= 15 is 0 Å². The van der Waals surface area contributed by atoms with Crippen LogP contribution in [0.5, 0.6) is 11.5 Å². The zero-order valence-corrected chi connectivity index (χ0v) is 12.3. The van der Waals surface area contributed by atoms with Crippen molar-refractivity contribution >= 4 is 0 Å². The fourth-order valence-electron chi connectivity index (χ4n) is 3.21. The Hall–Kier alpha value is -2.00. The minimum Gasteiger partial charge on any atom is -0.507 e. The Morgan fingerprint density at radius 1 is 0.952 bits per heavy atom. The van der Waals surface area contributed by atoms with Crippen molar-refractivity contribution in [1.29, 1.82) is 0 Å². The molecule has 21 heavy (non-hydrogen) atoms. The molecule has 0 bridgehead atoms. The number of phenolic OH excluding ortho intramolecular Hbond substituents is 2. The Kier molecular flexibility index (Phi) is 3.84. The maximum atomic E-state index is 10.1. The third-order valence-electron chi connectivity index (χ3n) is 4.41. The molecule has 3 heteroatoms. The first-order valence-corrected chi connectivity index (χ1v) is 7.48. The summed E-state index contributed by atoms with van der Waals surface area (Å²) in [6.07, 6.45) is 2.18. The normalized spacial score (nSPS) is 17.0. The summed E-state index contributed by atoms with van der Waals surface area (Å²) in [5.74, 6) is 0.333. The average molecular weight is 283 g/mol. The summed E-state index contributed by atoms with van der Waals surface area (Å²) in [6, 6.07) is 13.5. The van der Waals surface area contributed by atoms with Gasteiger partial charge in [0.25, 0.3) is 0 Å². The monoisotopic (exact) mass is 283 g/mol. The molecule has 1 unspecified atom stereocenters. The number of fused-ring (bicyclic) bond motifs is 1. The molecule has 3 nitrogen and oxygen atoms in total. The van der Waals surface area contributed by atoms with Gasteiger partial charge in [0.2, 0.25) is 0 Å². The number of phenols is 2. The van der Waals surface area contributed by atoms with Gasteiger partial charge in [0, 0.05) is 12.6 Å². The molecule has 3 rings (SSSR count). The molecule has 0 spiro atoms. The molecule has 1 atom stereocenters. The van der Waals surface area contributed by atoms with Gasteiger partial charge in [0.05, 0.1) is 5.56 Å². The average Bonchev–Trinajstić information content (AvgIpc) is 2.69. The van der Waals surface area contributed by atoms with Crippen LogP contribution in [0.15, 0.2) is 42.5 Å². The van der Waals surface area contributed by atoms with Crippen LogP contribution in [0.25, 0.3) is 0 Å². The van der Waals surface area contributed by atoms with Crippen LogP contribution in [-0.2, 0) is 13.0 Å². The smallest absolute Gasteiger partial charge is 0.124 e. The Balaban J connectivity index is 1.90. The summed E-state index contributed by atoms with van der Waals surface area (Å²) in [4.78, 5) is 2.32. The van der Waals surface area contributed by atoms with Crippen LogP contribution in [0.4, 0.5) is 0 Å². The molecule has 0 aliphatic carbocycles. The molecule has 2 N–H and O–H groups in total. The summed E-state index contributed by atoms with van der Waals surface area (Å²) >= 11 is 0. The summed E-state index contributed by atoms with van der Waals surface area (Å²) in [5.41, 5.74) is 3.38. The van der Waals surface area contributed by atoms with E-state index in [1.165, 1.54) is 11.1 Å². The molecule has 1 heterocycles. The Bertz CT molecular complexity index is 619. The lowest BCUT2D eigenvalue weighted by Crippen LogP contribution is -2.26. The van der Waals surface area contributed by atoms with Gasteiger partial charge in [-0.2, -0.15) is 0 Å². The van der Waals surface area contributed by atoms with Gasteiger partial charge >= 0.3 is 0 Å². The van der Waals surface area contributed by atoms with Crippen LogP contribution in [0.1, 0.15) is 36.1 Å². The third-order valence-corrected chi connectivity index (χ3v) is 4.41. The molecule has 2 aromatic carbocycles. The zero-order valence-electron chi connectivity index (χ0n) is 12.3. The van der Waals surface area contributed by atoms with Crippen LogP contribution >= 0.6 is 0 Å².